The molecule has 0 aliphatic rings. The average molecular weight is 324 g/mol. The standard InChI is InChI=1S/C17H12N2O3S/c20-16(17-19-12-4-1-2-6-15(12)23-17)18-10-11-7-8-14(22-11)13-5-3-9-21-13/h1-9H,10H2,(H,18,20). The molecule has 0 bridgehead atoms. The normalized spacial score (nSPS) is 11.0. The zero-order chi connectivity index (χ0) is 15.6. The molecule has 4 rings (SSSR count). The van der Waals surface area contributed by atoms with Crippen molar-refractivity contribution in [1.29, 1.82) is 0 Å². The summed E-state index contributed by atoms with van der Waals surface area (Å²) in [7, 11) is 0. The summed E-state index contributed by atoms with van der Waals surface area (Å²) in [6.07, 6.45) is 1.59. The lowest BCUT2D eigenvalue weighted by molar-refractivity contribution is 0.0948. The van der Waals surface area contributed by atoms with Crippen molar-refractivity contribution in [3.63, 3.8) is 0 Å². The van der Waals surface area contributed by atoms with Crippen molar-refractivity contribution in [2.24, 2.45) is 0 Å². The molecule has 0 saturated carbocycles. The predicted molar refractivity (Wildman–Crippen MR) is 87.2 cm³/mol. The van der Waals surface area contributed by atoms with Gasteiger partial charge in [0.15, 0.2) is 16.5 Å². The smallest absolute Gasteiger partial charge is 0.280 e. The second-order valence-corrected chi connectivity index (χ2v) is 5.94. The van der Waals surface area contributed by atoms with Gasteiger partial charge >= 0.3 is 0 Å². The molecule has 0 aliphatic carbocycles. The van der Waals surface area contributed by atoms with E-state index in [1.807, 2.05) is 42.5 Å². The number of carbonyl (C=O) groups is 1. The van der Waals surface area contributed by atoms with Crippen LogP contribution in [0.2, 0.25) is 0 Å². The Hall–Kier alpha value is -2.86. The highest BCUT2D eigenvalue weighted by molar-refractivity contribution is 7.20. The third-order valence-corrected chi connectivity index (χ3v) is 4.37. The van der Waals surface area contributed by atoms with Crippen molar-refractivity contribution in [2.45, 2.75) is 6.54 Å². The lowest BCUT2D eigenvalue weighted by atomic mass is 10.3. The Balaban J connectivity index is 1.45. The Morgan fingerprint density at radius 1 is 1.09 bits per heavy atom. The zero-order valence-electron chi connectivity index (χ0n) is 12.0. The van der Waals surface area contributed by atoms with E-state index in [0.717, 1.165) is 10.2 Å². The van der Waals surface area contributed by atoms with Crippen LogP contribution in [0.4, 0.5) is 0 Å². The van der Waals surface area contributed by atoms with Gasteiger partial charge in [0.25, 0.3) is 5.91 Å². The van der Waals surface area contributed by atoms with Crippen LogP contribution in [0.3, 0.4) is 0 Å². The van der Waals surface area contributed by atoms with Crippen molar-refractivity contribution in [2.75, 3.05) is 0 Å². The molecule has 5 nitrogen and oxygen atoms in total. The SMILES string of the molecule is O=C(NCc1ccc(-c2ccco2)o1)c1nc2ccccc2s1. The first-order valence-corrected chi connectivity index (χ1v) is 7.87. The second-order valence-electron chi connectivity index (χ2n) is 4.91. The van der Waals surface area contributed by atoms with Gasteiger partial charge in [0, 0.05) is 0 Å². The Labute approximate surface area is 135 Å². The Morgan fingerprint density at radius 2 is 2.00 bits per heavy atom. The number of rotatable bonds is 4. The van der Waals surface area contributed by atoms with E-state index in [9.17, 15) is 4.79 Å². The summed E-state index contributed by atoms with van der Waals surface area (Å²) in [6, 6.07) is 14.9. The van der Waals surface area contributed by atoms with Gasteiger partial charge in [-0.2, -0.15) is 0 Å². The molecule has 3 heterocycles. The molecule has 0 atom stereocenters. The Bertz CT molecular complexity index is 920. The monoisotopic (exact) mass is 324 g/mol. The first-order chi connectivity index (χ1) is 11.3. The summed E-state index contributed by atoms with van der Waals surface area (Å²) in [4.78, 5) is 16.5. The minimum absolute atomic E-state index is 0.206. The van der Waals surface area contributed by atoms with Crippen LogP contribution in [0.15, 0.2) is 63.6 Å². The summed E-state index contributed by atoms with van der Waals surface area (Å²) < 4.78 is 11.9. The molecule has 114 valence electrons. The Kier molecular flexibility index (Phi) is 3.44. The minimum Gasteiger partial charge on any atom is -0.461 e. The van der Waals surface area contributed by atoms with Gasteiger partial charge in [0.1, 0.15) is 5.76 Å². The van der Waals surface area contributed by atoms with Crippen molar-refractivity contribution in [1.82, 2.24) is 10.3 Å². The summed E-state index contributed by atoms with van der Waals surface area (Å²) >= 11 is 1.37. The number of fused-ring (bicyclic) bond motifs is 1. The molecule has 1 aromatic carbocycles. The average Bonchev–Trinajstić information content (AvgIpc) is 3.31. The molecule has 0 spiro atoms. The lowest BCUT2D eigenvalue weighted by Gasteiger charge is -1.99. The van der Waals surface area contributed by atoms with Crippen molar-refractivity contribution in [3.8, 4) is 11.5 Å². The van der Waals surface area contributed by atoms with Crippen LogP contribution < -0.4 is 5.32 Å². The molecular formula is C17H12N2O3S. The van der Waals surface area contributed by atoms with E-state index in [1.54, 1.807) is 12.3 Å². The largest absolute Gasteiger partial charge is 0.461 e. The number of nitrogens with zero attached hydrogens (tertiary/aromatic N) is 1. The van der Waals surface area contributed by atoms with E-state index in [0.29, 0.717) is 28.8 Å². The first-order valence-electron chi connectivity index (χ1n) is 7.06. The number of nitrogens with one attached hydrogen (secondary N) is 1. The number of amides is 1. The molecule has 0 saturated heterocycles. The highest BCUT2D eigenvalue weighted by Crippen LogP contribution is 2.23. The predicted octanol–water partition coefficient (Wildman–Crippen LogP) is 4.08. The number of furan rings is 2. The molecule has 0 unspecified atom stereocenters. The van der Waals surface area contributed by atoms with E-state index >= 15 is 0 Å². The van der Waals surface area contributed by atoms with E-state index in [1.165, 1.54) is 11.3 Å². The van der Waals surface area contributed by atoms with Crippen molar-refractivity contribution < 1.29 is 13.6 Å². The molecule has 23 heavy (non-hydrogen) atoms. The number of hydrogen-bond donors (Lipinski definition) is 1. The number of para-hydroxylation sites is 1. The Morgan fingerprint density at radius 3 is 2.83 bits per heavy atom. The maximum atomic E-state index is 12.2. The summed E-state index contributed by atoms with van der Waals surface area (Å²) in [5.41, 5.74) is 0.834. The fraction of sp³-hybridized carbons (Fsp3) is 0.0588. The number of carbonyl (C=O) groups excluding carboxylic acids is 1. The summed E-state index contributed by atoms with van der Waals surface area (Å²) in [6.45, 7) is 0.301. The van der Waals surface area contributed by atoms with Gasteiger partial charge in [-0.15, -0.1) is 11.3 Å². The molecule has 4 aromatic rings. The van der Waals surface area contributed by atoms with Gasteiger partial charge in [-0.05, 0) is 36.4 Å². The van der Waals surface area contributed by atoms with Crippen LogP contribution in [0.1, 0.15) is 15.6 Å². The molecule has 0 aliphatic heterocycles. The summed E-state index contributed by atoms with van der Waals surface area (Å²) in [5, 5.41) is 3.27. The van der Waals surface area contributed by atoms with Crippen LogP contribution >= 0.6 is 11.3 Å². The molecule has 3 aromatic heterocycles. The summed E-state index contributed by atoms with van der Waals surface area (Å²) in [5.74, 6) is 1.75. The van der Waals surface area contributed by atoms with Crippen LogP contribution in [-0.4, -0.2) is 10.9 Å². The quantitative estimate of drug-likeness (QED) is 0.614. The van der Waals surface area contributed by atoms with Gasteiger partial charge in [-0.1, -0.05) is 12.1 Å². The number of benzene rings is 1. The van der Waals surface area contributed by atoms with Crippen LogP contribution in [-0.2, 0) is 6.54 Å². The highest BCUT2D eigenvalue weighted by atomic mass is 32.1. The maximum Gasteiger partial charge on any atom is 0.280 e. The van der Waals surface area contributed by atoms with E-state index < -0.39 is 0 Å². The van der Waals surface area contributed by atoms with Gasteiger partial charge in [-0.3, -0.25) is 4.79 Å². The zero-order valence-corrected chi connectivity index (χ0v) is 12.8. The van der Waals surface area contributed by atoms with Crippen molar-refractivity contribution >= 4 is 27.5 Å². The minimum atomic E-state index is -0.206. The lowest BCUT2D eigenvalue weighted by Crippen LogP contribution is -2.22. The molecular weight excluding hydrogens is 312 g/mol. The van der Waals surface area contributed by atoms with Gasteiger partial charge in [-0.25, -0.2) is 4.98 Å². The number of thiazole rings is 1. The van der Waals surface area contributed by atoms with E-state index in [-0.39, 0.29) is 5.91 Å². The van der Waals surface area contributed by atoms with Crippen LogP contribution in [0.25, 0.3) is 21.7 Å². The third kappa shape index (κ3) is 2.76. The maximum absolute atomic E-state index is 12.2. The van der Waals surface area contributed by atoms with Crippen LogP contribution in [0, 0.1) is 0 Å². The van der Waals surface area contributed by atoms with E-state index in [2.05, 4.69) is 10.3 Å². The first kappa shape index (κ1) is 13.8. The third-order valence-electron chi connectivity index (χ3n) is 3.34. The van der Waals surface area contributed by atoms with E-state index in [4.69, 9.17) is 8.83 Å². The molecule has 6 heteroatoms. The second kappa shape index (κ2) is 5.73. The molecule has 0 fully saturated rings. The molecule has 1 N–H and O–H groups in total. The number of hydrogen-bond acceptors (Lipinski definition) is 5. The molecule has 0 radical (unpaired) electrons. The van der Waals surface area contributed by atoms with Crippen molar-refractivity contribution in [3.05, 3.63) is 65.6 Å². The number of aromatic nitrogens is 1. The van der Waals surface area contributed by atoms with Gasteiger partial charge < -0.3 is 14.2 Å². The van der Waals surface area contributed by atoms with Crippen LogP contribution in [0.5, 0.6) is 0 Å². The molecule has 1 amide bonds. The van der Waals surface area contributed by atoms with Gasteiger partial charge in [0.2, 0.25) is 0 Å². The fourth-order valence-corrected chi connectivity index (χ4v) is 3.12. The van der Waals surface area contributed by atoms with Gasteiger partial charge in [0.05, 0.1) is 23.0 Å². The topological polar surface area (TPSA) is 68.3 Å². The fourth-order valence-electron chi connectivity index (χ4n) is 2.24. The highest BCUT2D eigenvalue weighted by Gasteiger charge is 2.13.